The van der Waals surface area contributed by atoms with Crippen molar-refractivity contribution in [2.24, 2.45) is 5.92 Å². The SMILES string of the molecule is Cc1oc(CN(C)C(=O)C[C@@H]2C[C@H]2c2ccccc2)cc1C(=O)O. The Hall–Kier alpha value is -2.56. The van der Waals surface area contributed by atoms with Gasteiger partial charge in [-0.1, -0.05) is 30.3 Å². The molecule has 1 aliphatic carbocycles. The van der Waals surface area contributed by atoms with Crippen LogP contribution in [0.1, 0.15) is 46.2 Å². The van der Waals surface area contributed by atoms with Crippen LogP contribution < -0.4 is 0 Å². The van der Waals surface area contributed by atoms with Crippen LogP contribution in [-0.4, -0.2) is 28.9 Å². The van der Waals surface area contributed by atoms with E-state index in [1.54, 1.807) is 18.9 Å². The van der Waals surface area contributed by atoms with Gasteiger partial charge in [-0.15, -0.1) is 0 Å². The van der Waals surface area contributed by atoms with E-state index in [9.17, 15) is 9.59 Å². The predicted octanol–water partition coefficient (Wildman–Crippen LogP) is 3.44. The number of nitrogens with zero attached hydrogens (tertiary/aromatic N) is 1. The molecule has 0 bridgehead atoms. The molecule has 5 nitrogen and oxygen atoms in total. The normalized spacial score (nSPS) is 19.1. The van der Waals surface area contributed by atoms with Gasteiger partial charge >= 0.3 is 5.97 Å². The second-order valence-corrected chi connectivity index (χ2v) is 6.45. The van der Waals surface area contributed by atoms with Crippen molar-refractivity contribution in [2.75, 3.05) is 7.05 Å². The Balaban J connectivity index is 1.54. The fraction of sp³-hybridized carbons (Fsp3) is 0.368. The van der Waals surface area contributed by atoms with Crippen molar-refractivity contribution in [3.05, 3.63) is 59.0 Å². The lowest BCUT2D eigenvalue weighted by Gasteiger charge is -2.15. The van der Waals surface area contributed by atoms with E-state index in [4.69, 9.17) is 9.52 Å². The van der Waals surface area contributed by atoms with Crippen LogP contribution in [0.4, 0.5) is 0 Å². The summed E-state index contributed by atoms with van der Waals surface area (Å²) in [6, 6.07) is 11.8. The minimum absolute atomic E-state index is 0.0596. The molecule has 1 saturated carbocycles. The number of aryl methyl sites for hydroxylation is 1. The van der Waals surface area contributed by atoms with Gasteiger partial charge in [0.05, 0.1) is 6.54 Å². The molecule has 24 heavy (non-hydrogen) atoms. The highest BCUT2D eigenvalue weighted by molar-refractivity contribution is 5.88. The molecule has 3 rings (SSSR count). The number of amides is 1. The zero-order valence-corrected chi connectivity index (χ0v) is 13.9. The summed E-state index contributed by atoms with van der Waals surface area (Å²) >= 11 is 0. The largest absolute Gasteiger partial charge is 0.478 e. The third kappa shape index (κ3) is 3.50. The minimum atomic E-state index is -1.01. The minimum Gasteiger partial charge on any atom is -0.478 e. The summed E-state index contributed by atoms with van der Waals surface area (Å²) in [5.41, 5.74) is 1.45. The Bertz CT molecular complexity index is 750. The highest BCUT2D eigenvalue weighted by Crippen LogP contribution is 2.49. The maximum Gasteiger partial charge on any atom is 0.339 e. The van der Waals surface area contributed by atoms with Crippen molar-refractivity contribution in [2.45, 2.75) is 32.2 Å². The lowest BCUT2D eigenvalue weighted by atomic mass is 10.1. The average molecular weight is 327 g/mol. The van der Waals surface area contributed by atoms with Crippen LogP contribution in [0.2, 0.25) is 0 Å². The standard InChI is InChI=1S/C19H21NO4/c1-12-16(19(22)23)10-15(24-12)11-20(2)18(21)9-14-8-17(14)13-6-4-3-5-7-13/h3-7,10,14,17H,8-9,11H2,1-2H3,(H,22,23)/t14-,17-/m0/s1. The second-order valence-electron chi connectivity index (χ2n) is 6.45. The molecule has 0 unspecified atom stereocenters. The number of carbonyl (C=O) groups excluding carboxylic acids is 1. The lowest BCUT2D eigenvalue weighted by molar-refractivity contribution is -0.131. The van der Waals surface area contributed by atoms with Crippen molar-refractivity contribution < 1.29 is 19.1 Å². The van der Waals surface area contributed by atoms with E-state index in [1.165, 1.54) is 11.6 Å². The molecule has 2 aromatic rings. The second kappa shape index (κ2) is 6.51. The number of hydrogen-bond donors (Lipinski definition) is 1. The molecule has 126 valence electrons. The summed E-state index contributed by atoms with van der Waals surface area (Å²) in [5, 5.41) is 9.05. The van der Waals surface area contributed by atoms with Crippen LogP contribution in [0.3, 0.4) is 0 Å². The van der Waals surface area contributed by atoms with Crippen LogP contribution in [0.15, 0.2) is 40.8 Å². The fourth-order valence-corrected chi connectivity index (χ4v) is 3.12. The average Bonchev–Trinajstić information content (AvgIpc) is 3.22. The molecule has 0 spiro atoms. The quantitative estimate of drug-likeness (QED) is 0.882. The van der Waals surface area contributed by atoms with Gasteiger partial charge < -0.3 is 14.4 Å². The first kappa shape index (κ1) is 16.3. The van der Waals surface area contributed by atoms with Gasteiger partial charge in [-0.25, -0.2) is 4.79 Å². The molecule has 0 saturated heterocycles. The first-order valence-electron chi connectivity index (χ1n) is 8.07. The third-order valence-corrected chi connectivity index (χ3v) is 4.61. The highest BCUT2D eigenvalue weighted by atomic mass is 16.4. The zero-order chi connectivity index (χ0) is 17.3. The van der Waals surface area contributed by atoms with Crippen molar-refractivity contribution in [1.82, 2.24) is 4.90 Å². The van der Waals surface area contributed by atoms with Gasteiger partial charge in [0.25, 0.3) is 0 Å². The summed E-state index contributed by atoms with van der Waals surface area (Å²) < 4.78 is 5.43. The van der Waals surface area contributed by atoms with Crippen molar-refractivity contribution in [3.8, 4) is 0 Å². The van der Waals surface area contributed by atoms with E-state index in [-0.39, 0.29) is 18.0 Å². The zero-order valence-electron chi connectivity index (χ0n) is 13.9. The highest BCUT2D eigenvalue weighted by Gasteiger charge is 2.39. The Morgan fingerprint density at radius 3 is 2.62 bits per heavy atom. The van der Waals surface area contributed by atoms with Gasteiger partial charge in [0.1, 0.15) is 17.1 Å². The molecule has 1 heterocycles. The summed E-state index contributed by atoms with van der Waals surface area (Å²) in [5.74, 6) is 0.786. The first-order valence-corrected chi connectivity index (χ1v) is 8.07. The molecule has 5 heteroatoms. The number of hydrogen-bond acceptors (Lipinski definition) is 3. The third-order valence-electron chi connectivity index (χ3n) is 4.61. The first-order chi connectivity index (χ1) is 11.5. The molecule has 1 amide bonds. The molecule has 1 fully saturated rings. The Morgan fingerprint density at radius 2 is 2.00 bits per heavy atom. The Labute approximate surface area is 140 Å². The molecule has 2 atom stereocenters. The number of furan rings is 1. The van der Waals surface area contributed by atoms with E-state index in [2.05, 4.69) is 12.1 Å². The molecule has 1 aromatic carbocycles. The van der Waals surface area contributed by atoms with Crippen molar-refractivity contribution >= 4 is 11.9 Å². The van der Waals surface area contributed by atoms with Crippen LogP contribution in [-0.2, 0) is 11.3 Å². The number of carboxylic acids is 1. The smallest absolute Gasteiger partial charge is 0.339 e. The van der Waals surface area contributed by atoms with E-state index in [0.29, 0.717) is 29.8 Å². The van der Waals surface area contributed by atoms with Gasteiger partial charge in [-0.05, 0) is 36.8 Å². The topological polar surface area (TPSA) is 70.8 Å². The van der Waals surface area contributed by atoms with E-state index >= 15 is 0 Å². The molecular formula is C19H21NO4. The number of rotatable bonds is 6. The summed E-state index contributed by atoms with van der Waals surface area (Å²) in [7, 11) is 1.72. The predicted molar refractivity (Wildman–Crippen MR) is 88.8 cm³/mol. The van der Waals surface area contributed by atoms with E-state index in [1.807, 2.05) is 18.2 Å². The number of carboxylic acid groups (broad SMARTS) is 1. The number of carbonyl (C=O) groups is 2. The monoisotopic (exact) mass is 327 g/mol. The Kier molecular flexibility index (Phi) is 4.42. The van der Waals surface area contributed by atoms with Crippen molar-refractivity contribution in [1.29, 1.82) is 0 Å². The summed E-state index contributed by atoms with van der Waals surface area (Å²) in [4.78, 5) is 25.0. The molecule has 1 aromatic heterocycles. The molecular weight excluding hydrogens is 306 g/mol. The van der Waals surface area contributed by atoms with Gasteiger partial charge in [0.15, 0.2) is 0 Å². The van der Waals surface area contributed by atoms with Crippen LogP contribution in [0, 0.1) is 12.8 Å². The maximum absolute atomic E-state index is 12.4. The van der Waals surface area contributed by atoms with Gasteiger partial charge in [0.2, 0.25) is 5.91 Å². The lowest BCUT2D eigenvalue weighted by Crippen LogP contribution is -2.26. The van der Waals surface area contributed by atoms with Gasteiger partial charge in [-0.2, -0.15) is 0 Å². The van der Waals surface area contributed by atoms with E-state index in [0.717, 1.165) is 6.42 Å². The van der Waals surface area contributed by atoms with Crippen LogP contribution in [0.5, 0.6) is 0 Å². The summed E-state index contributed by atoms with van der Waals surface area (Å²) in [6.07, 6.45) is 1.56. The van der Waals surface area contributed by atoms with E-state index < -0.39 is 5.97 Å². The fourth-order valence-electron chi connectivity index (χ4n) is 3.12. The van der Waals surface area contributed by atoms with Crippen LogP contribution >= 0.6 is 0 Å². The molecule has 1 aliphatic rings. The molecule has 1 N–H and O–H groups in total. The molecule has 0 aliphatic heterocycles. The van der Waals surface area contributed by atoms with Crippen LogP contribution in [0.25, 0.3) is 0 Å². The maximum atomic E-state index is 12.4. The van der Waals surface area contributed by atoms with Gasteiger partial charge in [0, 0.05) is 13.5 Å². The van der Waals surface area contributed by atoms with Gasteiger partial charge in [-0.3, -0.25) is 4.79 Å². The molecule has 0 radical (unpaired) electrons. The number of benzene rings is 1. The Morgan fingerprint density at radius 1 is 1.29 bits per heavy atom. The summed E-state index contributed by atoms with van der Waals surface area (Å²) in [6.45, 7) is 1.90. The van der Waals surface area contributed by atoms with Crippen molar-refractivity contribution in [3.63, 3.8) is 0 Å². The number of aromatic carboxylic acids is 1.